The first-order chi connectivity index (χ1) is 11.0. The third kappa shape index (κ3) is 5.88. The average Bonchev–Trinajstić information content (AvgIpc) is 2.53. The zero-order chi connectivity index (χ0) is 16.7. The van der Waals surface area contributed by atoms with E-state index in [1.54, 1.807) is 0 Å². The third-order valence-corrected chi connectivity index (χ3v) is 4.11. The van der Waals surface area contributed by atoms with Gasteiger partial charge in [0.1, 0.15) is 6.54 Å². The molecule has 2 aromatic rings. The molecule has 1 N–H and O–H groups in total. The minimum atomic E-state index is -3.93. The molecule has 1 unspecified atom stereocenters. The lowest BCUT2D eigenvalue weighted by Gasteiger charge is -2.06. The number of aromatic nitrogens is 1. The first-order valence-corrected chi connectivity index (χ1v) is 8.96. The first kappa shape index (κ1) is 17.2. The minimum Gasteiger partial charge on any atom is -0.286 e. The predicted molar refractivity (Wildman–Crippen MR) is 87.0 cm³/mol. The van der Waals surface area contributed by atoms with Crippen LogP contribution in [0.2, 0.25) is 0 Å². The van der Waals surface area contributed by atoms with Crippen molar-refractivity contribution in [1.82, 2.24) is 0 Å². The van der Waals surface area contributed by atoms with Gasteiger partial charge in [-0.1, -0.05) is 24.3 Å². The van der Waals surface area contributed by atoms with Gasteiger partial charge in [-0.25, -0.2) is 4.57 Å². The van der Waals surface area contributed by atoms with Crippen molar-refractivity contribution in [3.63, 3.8) is 0 Å². The number of pyridine rings is 1. The maximum atomic E-state index is 10.8. The van der Waals surface area contributed by atoms with E-state index >= 15 is 0 Å². The molecule has 0 saturated heterocycles. The zero-order valence-corrected chi connectivity index (χ0v) is 13.7. The molecule has 0 saturated carbocycles. The number of hydrogen-bond donors (Lipinski definition) is 1. The Labute approximate surface area is 136 Å². The highest BCUT2D eigenvalue weighted by Gasteiger charge is 2.17. The van der Waals surface area contributed by atoms with Crippen LogP contribution in [-0.2, 0) is 16.7 Å². The van der Waals surface area contributed by atoms with Gasteiger partial charge < -0.3 is 0 Å². The lowest BCUT2D eigenvalue weighted by Crippen LogP contribution is -2.39. The molecular weight excluding hydrogens is 314 g/mol. The maximum Gasteiger partial charge on any atom is 0.265 e. The Hall–Kier alpha value is -2.12. The van der Waals surface area contributed by atoms with Crippen LogP contribution >= 0.6 is 0 Å². The van der Waals surface area contributed by atoms with Crippen molar-refractivity contribution in [2.75, 3.05) is 5.75 Å². The van der Waals surface area contributed by atoms with Gasteiger partial charge in [0.15, 0.2) is 12.2 Å². The Morgan fingerprint density at radius 3 is 2.52 bits per heavy atom. The summed E-state index contributed by atoms with van der Waals surface area (Å²) in [5.74, 6) is -0.256. The Morgan fingerprint density at radius 2 is 1.83 bits per heavy atom. The standard InChI is InChI=1S/C16H19N3O3S/c1-14(17-18-15-8-3-2-4-9-15)16-10-5-6-11-19(16)12-7-13-23(20,21)22/h2-6,8-11,14H,7,12-13H2,1H3/p+1. The molecule has 0 fully saturated rings. The molecule has 7 heteroatoms. The number of azo groups is 1. The average molecular weight is 334 g/mol. The van der Waals surface area contributed by atoms with E-state index in [4.69, 9.17) is 4.55 Å². The number of nitrogens with zero attached hydrogens (tertiary/aromatic N) is 3. The van der Waals surface area contributed by atoms with Crippen LogP contribution in [0.1, 0.15) is 25.1 Å². The normalized spacial score (nSPS) is 13.3. The van der Waals surface area contributed by atoms with E-state index in [1.807, 2.05) is 66.2 Å². The summed E-state index contributed by atoms with van der Waals surface area (Å²) < 4.78 is 32.4. The molecule has 0 aliphatic rings. The van der Waals surface area contributed by atoms with Crippen LogP contribution in [0.5, 0.6) is 0 Å². The van der Waals surface area contributed by atoms with E-state index in [0.717, 1.165) is 11.4 Å². The quantitative estimate of drug-likeness (QED) is 0.480. The predicted octanol–water partition coefficient (Wildman–Crippen LogP) is 3.10. The lowest BCUT2D eigenvalue weighted by molar-refractivity contribution is -0.705. The highest BCUT2D eigenvalue weighted by atomic mass is 32.2. The van der Waals surface area contributed by atoms with Crippen molar-refractivity contribution in [3.8, 4) is 0 Å². The van der Waals surface area contributed by atoms with Gasteiger partial charge in [0.2, 0.25) is 5.69 Å². The van der Waals surface area contributed by atoms with Gasteiger partial charge in [0, 0.05) is 18.6 Å². The molecular formula is C16H20N3O3S+. The molecule has 1 aromatic carbocycles. The molecule has 0 amide bonds. The summed E-state index contributed by atoms with van der Waals surface area (Å²) in [6.45, 7) is 2.42. The van der Waals surface area contributed by atoms with E-state index in [0.29, 0.717) is 13.0 Å². The molecule has 1 aromatic heterocycles. The van der Waals surface area contributed by atoms with Crippen molar-refractivity contribution < 1.29 is 17.5 Å². The highest BCUT2D eigenvalue weighted by molar-refractivity contribution is 7.85. The molecule has 23 heavy (non-hydrogen) atoms. The van der Waals surface area contributed by atoms with Gasteiger partial charge in [-0.05, 0) is 19.1 Å². The summed E-state index contributed by atoms with van der Waals surface area (Å²) in [7, 11) is -3.93. The van der Waals surface area contributed by atoms with Crippen molar-refractivity contribution >= 4 is 15.8 Å². The van der Waals surface area contributed by atoms with Gasteiger partial charge in [-0.3, -0.25) is 4.55 Å². The Bertz CT molecular complexity index is 761. The van der Waals surface area contributed by atoms with Crippen molar-refractivity contribution in [3.05, 3.63) is 60.4 Å². The van der Waals surface area contributed by atoms with Crippen molar-refractivity contribution in [2.24, 2.45) is 10.2 Å². The fraction of sp³-hybridized carbons (Fsp3) is 0.312. The van der Waals surface area contributed by atoms with Crippen molar-refractivity contribution in [1.29, 1.82) is 0 Å². The van der Waals surface area contributed by atoms with Crippen LogP contribution in [-0.4, -0.2) is 18.7 Å². The van der Waals surface area contributed by atoms with E-state index in [2.05, 4.69) is 10.2 Å². The van der Waals surface area contributed by atoms with Gasteiger partial charge in [0.05, 0.1) is 11.4 Å². The Morgan fingerprint density at radius 1 is 1.13 bits per heavy atom. The summed E-state index contributed by atoms with van der Waals surface area (Å²) in [6.07, 6.45) is 2.21. The summed E-state index contributed by atoms with van der Waals surface area (Å²) in [5, 5.41) is 8.54. The smallest absolute Gasteiger partial charge is 0.265 e. The molecule has 2 rings (SSSR count). The molecule has 1 heterocycles. The van der Waals surface area contributed by atoms with Gasteiger partial charge in [-0.2, -0.15) is 18.6 Å². The van der Waals surface area contributed by atoms with Gasteiger partial charge >= 0.3 is 0 Å². The van der Waals surface area contributed by atoms with Crippen LogP contribution in [0, 0.1) is 0 Å². The lowest BCUT2D eigenvalue weighted by atomic mass is 10.2. The third-order valence-electron chi connectivity index (χ3n) is 3.31. The Kier molecular flexibility index (Phi) is 5.95. The van der Waals surface area contributed by atoms with E-state index < -0.39 is 10.1 Å². The number of benzene rings is 1. The topological polar surface area (TPSA) is 83.0 Å². The van der Waals surface area contributed by atoms with Crippen molar-refractivity contribution in [2.45, 2.75) is 25.9 Å². The number of aryl methyl sites for hydroxylation is 1. The molecule has 1 atom stereocenters. The Balaban J connectivity index is 2.08. The monoisotopic (exact) mass is 334 g/mol. The maximum absolute atomic E-state index is 10.8. The van der Waals surface area contributed by atoms with Crippen LogP contribution in [0.3, 0.4) is 0 Å². The highest BCUT2D eigenvalue weighted by Crippen LogP contribution is 2.17. The fourth-order valence-corrected chi connectivity index (χ4v) is 2.69. The van der Waals surface area contributed by atoms with Gasteiger partial charge in [-0.15, -0.1) is 0 Å². The SMILES string of the molecule is CC(N=Nc1ccccc1)c1cccc[n+]1CCCS(=O)(=O)O. The number of rotatable bonds is 7. The van der Waals surface area contributed by atoms with E-state index in [9.17, 15) is 8.42 Å². The molecule has 0 aliphatic carbocycles. The van der Waals surface area contributed by atoms with Gasteiger partial charge in [0.25, 0.3) is 10.1 Å². The second-order valence-corrected chi connectivity index (χ2v) is 6.76. The largest absolute Gasteiger partial charge is 0.286 e. The fourth-order valence-electron chi connectivity index (χ4n) is 2.20. The molecule has 0 radical (unpaired) electrons. The number of hydrogen-bond acceptors (Lipinski definition) is 4. The van der Waals surface area contributed by atoms with E-state index in [1.165, 1.54) is 0 Å². The van der Waals surface area contributed by atoms with E-state index in [-0.39, 0.29) is 11.8 Å². The molecule has 0 bridgehead atoms. The molecule has 0 aliphatic heterocycles. The summed E-state index contributed by atoms with van der Waals surface area (Å²) in [5.41, 5.74) is 1.72. The van der Waals surface area contributed by atoms with Crippen LogP contribution in [0.15, 0.2) is 65.0 Å². The van der Waals surface area contributed by atoms with Crippen LogP contribution in [0.25, 0.3) is 0 Å². The molecule has 6 nitrogen and oxygen atoms in total. The molecule has 0 spiro atoms. The summed E-state index contributed by atoms with van der Waals surface area (Å²) in [4.78, 5) is 0. The second kappa shape index (κ2) is 7.94. The minimum absolute atomic E-state index is 0.165. The zero-order valence-electron chi connectivity index (χ0n) is 12.9. The molecule has 122 valence electrons. The first-order valence-electron chi connectivity index (χ1n) is 7.35. The summed E-state index contributed by atoms with van der Waals surface area (Å²) >= 11 is 0. The summed E-state index contributed by atoms with van der Waals surface area (Å²) in [6, 6.07) is 15.0. The second-order valence-electron chi connectivity index (χ2n) is 5.19. The van der Waals surface area contributed by atoms with Crippen LogP contribution in [0.4, 0.5) is 5.69 Å². The van der Waals surface area contributed by atoms with Crippen LogP contribution < -0.4 is 4.57 Å².